The number of ether oxygens (including phenoxy) is 2. The maximum atomic E-state index is 11.1. The largest absolute Gasteiger partial charge is 0.467 e. The highest BCUT2D eigenvalue weighted by atomic mass is 79.9. The van der Waals surface area contributed by atoms with Crippen LogP contribution in [-0.4, -0.2) is 11.7 Å². The standard InChI is InChI=1S/C16H14BrNO4S/c17-15-4-2-1-3-11(15)8-23-9-13-6-14(18(19)20)5-12-7-21-10-22-16(12)13/h1-6H,7-10H2. The Morgan fingerprint density at radius 2 is 2.00 bits per heavy atom. The van der Waals surface area contributed by atoms with Gasteiger partial charge in [-0.2, -0.15) is 11.8 Å². The second kappa shape index (κ2) is 7.33. The molecule has 5 nitrogen and oxygen atoms in total. The molecule has 0 N–H and O–H groups in total. The van der Waals surface area contributed by atoms with E-state index in [9.17, 15) is 10.1 Å². The van der Waals surface area contributed by atoms with E-state index in [-0.39, 0.29) is 17.4 Å². The van der Waals surface area contributed by atoms with Gasteiger partial charge in [-0.05, 0) is 11.6 Å². The Morgan fingerprint density at radius 1 is 1.22 bits per heavy atom. The molecule has 0 aromatic heterocycles. The van der Waals surface area contributed by atoms with E-state index in [0.717, 1.165) is 27.1 Å². The van der Waals surface area contributed by atoms with E-state index in [4.69, 9.17) is 9.47 Å². The molecule has 2 aromatic carbocycles. The van der Waals surface area contributed by atoms with Gasteiger partial charge in [-0.25, -0.2) is 0 Å². The number of benzene rings is 2. The number of hydrogen-bond donors (Lipinski definition) is 0. The fourth-order valence-corrected chi connectivity index (χ4v) is 4.00. The van der Waals surface area contributed by atoms with Crippen molar-refractivity contribution in [3.63, 3.8) is 0 Å². The molecule has 120 valence electrons. The van der Waals surface area contributed by atoms with E-state index < -0.39 is 0 Å². The van der Waals surface area contributed by atoms with Crippen LogP contribution in [0.25, 0.3) is 0 Å². The molecular weight excluding hydrogens is 382 g/mol. The maximum Gasteiger partial charge on any atom is 0.270 e. The topological polar surface area (TPSA) is 61.6 Å². The lowest BCUT2D eigenvalue weighted by Crippen LogP contribution is -2.13. The third kappa shape index (κ3) is 3.85. The predicted octanol–water partition coefficient (Wildman–Crippen LogP) is 4.66. The summed E-state index contributed by atoms with van der Waals surface area (Å²) in [5, 5.41) is 11.1. The monoisotopic (exact) mass is 395 g/mol. The van der Waals surface area contributed by atoms with Crippen molar-refractivity contribution in [3.8, 4) is 5.75 Å². The van der Waals surface area contributed by atoms with Gasteiger partial charge in [0, 0.05) is 39.2 Å². The van der Waals surface area contributed by atoms with Crippen LogP contribution in [-0.2, 0) is 22.8 Å². The molecule has 0 radical (unpaired) electrons. The zero-order valence-electron chi connectivity index (χ0n) is 12.2. The third-order valence-corrected chi connectivity index (χ3v) is 5.26. The molecule has 0 bridgehead atoms. The number of fused-ring (bicyclic) bond motifs is 1. The number of nitro benzene ring substituents is 1. The summed E-state index contributed by atoms with van der Waals surface area (Å²) in [4.78, 5) is 10.7. The van der Waals surface area contributed by atoms with Crippen molar-refractivity contribution >= 4 is 33.4 Å². The lowest BCUT2D eigenvalue weighted by Gasteiger charge is -2.20. The van der Waals surface area contributed by atoms with Crippen LogP contribution in [0.1, 0.15) is 16.7 Å². The first-order valence-corrected chi connectivity index (χ1v) is 8.92. The molecule has 23 heavy (non-hydrogen) atoms. The molecule has 1 aliphatic rings. The minimum atomic E-state index is -0.378. The number of rotatable bonds is 5. The lowest BCUT2D eigenvalue weighted by atomic mass is 10.1. The van der Waals surface area contributed by atoms with Gasteiger partial charge in [0.05, 0.1) is 11.5 Å². The smallest absolute Gasteiger partial charge is 0.270 e. The molecule has 0 saturated carbocycles. The Bertz CT molecular complexity index is 738. The molecule has 3 rings (SSSR count). The van der Waals surface area contributed by atoms with Crippen molar-refractivity contribution in [1.29, 1.82) is 0 Å². The molecule has 0 fully saturated rings. The van der Waals surface area contributed by atoms with Gasteiger partial charge in [0.15, 0.2) is 6.79 Å². The highest BCUT2D eigenvalue weighted by Gasteiger charge is 2.20. The number of nitro groups is 1. The Hall–Kier alpha value is -1.57. The fraction of sp³-hybridized carbons (Fsp3) is 0.250. The first-order valence-electron chi connectivity index (χ1n) is 6.97. The van der Waals surface area contributed by atoms with Crippen LogP contribution in [0.3, 0.4) is 0 Å². The first kappa shape index (κ1) is 16.3. The molecule has 0 atom stereocenters. The van der Waals surface area contributed by atoms with Crippen molar-refractivity contribution in [1.82, 2.24) is 0 Å². The van der Waals surface area contributed by atoms with Crippen LogP contribution < -0.4 is 4.74 Å². The molecule has 1 aliphatic heterocycles. The Labute approximate surface area is 146 Å². The van der Waals surface area contributed by atoms with Gasteiger partial charge in [-0.1, -0.05) is 34.1 Å². The van der Waals surface area contributed by atoms with Gasteiger partial charge in [0.25, 0.3) is 5.69 Å². The van der Waals surface area contributed by atoms with Gasteiger partial charge >= 0.3 is 0 Å². The van der Waals surface area contributed by atoms with Crippen LogP contribution in [0.2, 0.25) is 0 Å². The number of hydrogen-bond acceptors (Lipinski definition) is 5. The van der Waals surface area contributed by atoms with E-state index in [1.54, 1.807) is 17.8 Å². The second-order valence-electron chi connectivity index (χ2n) is 5.05. The summed E-state index contributed by atoms with van der Waals surface area (Å²) in [5.74, 6) is 2.18. The maximum absolute atomic E-state index is 11.1. The Morgan fingerprint density at radius 3 is 2.78 bits per heavy atom. The van der Waals surface area contributed by atoms with Crippen LogP contribution in [0, 0.1) is 10.1 Å². The average Bonchev–Trinajstić information content (AvgIpc) is 2.56. The highest BCUT2D eigenvalue weighted by Crippen LogP contribution is 2.35. The van der Waals surface area contributed by atoms with Gasteiger partial charge in [0.1, 0.15) is 5.75 Å². The molecule has 0 amide bonds. The summed E-state index contributed by atoms with van der Waals surface area (Å²) >= 11 is 5.22. The highest BCUT2D eigenvalue weighted by molar-refractivity contribution is 9.10. The molecule has 0 saturated heterocycles. The number of non-ortho nitro benzene ring substituents is 1. The van der Waals surface area contributed by atoms with Crippen LogP contribution in [0.5, 0.6) is 5.75 Å². The minimum Gasteiger partial charge on any atom is -0.467 e. The summed E-state index contributed by atoms with van der Waals surface area (Å²) in [6, 6.07) is 11.2. The van der Waals surface area contributed by atoms with E-state index in [0.29, 0.717) is 12.4 Å². The van der Waals surface area contributed by atoms with E-state index >= 15 is 0 Å². The third-order valence-electron chi connectivity index (χ3n) is 3.46. The Balaban J connectivity index is 1.77. The van der Waals surface area contributed by atoms with Gasteiger partial charge in [0.2, 0.25) is 0 Å². The number of halogens is 1. The van der Waals surface area contributed by atoms with Gasteiger partial charge in [-0.3, -0.25) is 10.1 Å². The minimum absolute atomic E-state index is 0.0781. The molecular formula is C16H14BrNO4S. The lowest BCUT2D eigenvalue weighted by molar-refractivity contribution is -0.385. The molecule has 0 spiro atoms. The van der Waals surface area contributed by atoms with Crippen molar-refractivity contribution in [2.75, 3.05) is 6.79 Å². The van der Waals surface area contributed by atoms with Crippen LogP contribution in [0.4, 0.5) is 5.69 Å². The van der Waals surface area contributed by atoms with Crippen molar-refractivity contribution in [2.24, 2.45) is 0 Å². The quantitative estimate of drug-likeness (QED) is 0.544. The fourth-order valence-electron chi connectivity index (χ4n) is 2.38. The van der Waals surface area contributed by atoms with Crippen LogP contribution >= 0.6 is 27.7 Å². The SMILES string of the molecule is O=[N+]([O-])c1cc2c(c(CSCc3ccccc3Br)c1)OCOC2. The van der Waals surface area contributed by atoms with E-state index in [2.05, 4.69) is 22.0 Å². The molecule has 1 heterocycles. The molecule has 0 aliphatic carbocycles. The van der Waals surface area contributed by atoms with E-state index in [1.165, 1.54) is 11.6 Å². The van der Waals surface area contributed by atoms with E-state index in [1.807, 2.05) is 18.2 Å². The molecule has 2 aromatic rings. The predicted molar refractivity (Wildman–Crippen MR) is 92.5 cm³/mol. The summed E-state index contributed by atoms with van der Waals surface area (Å²) in [7, 11) is 0. The van der Waals surface area contributed by atoms with Gasteiger partial charge < -0.3 is 9.47 Å². The first-order chi connectivity index (χ1) is 11.1. The summed E-state index contributed by atoms with van der Waals surface area (Å²) < 4.78 is 11.8. The van der Waals surface area contributed by atoms with Crippen LogP contribution in [0.15, 0.2) is 40.9 Å². The molecule has 7 heteroatoms. The second-order valence-corrected chi connectivity index (χ2v) is 6.89. The molecule has 0 unspecified atom stereocenters. The average molecular weight is 396 g/mol. The Kier molecular flexibility index (Phi) is 5.20. The van der Waals surface area contributed by atoms with Gasteiger partial charge in [-0.15, -0.1) is 0 Å². The summed E-state index contributed by atoms with van der Waals surface area (Å²) in [6.07, 6.45) is 0. The van der Waals surface area contributed by atoms with Crippen molar-refractivity contribution < 1.29 is 14.4 Å². The number of nitrogens with zero attached hydrogens (tertiary/aromatic N) is 1. The van der Waals surface area contributed by atoms with Crippen molar-refractivity contribution in [2.45, 2.75) is 18.1 Å². The zero-order chi connectivity index (χ0) is 16.2. The normalized spacial score (nSPS) is 13.3. The zero-order valence-corrected chi connectivity index (χ0v) is 14.6. The van der Waals surface area contributed by atoms with Crippen molar-refractivity contribution in [3.05, 3.63) is 67.7 Å². The summed E-state index contributed by atoms with van der Waals surface area (Å²) in [5.41, 5.74) is 2.85. The number of thioether (sulfide) groups is 1. The summed E-state index contributed by atoms with van der Waals surface area (Å²) in [6.45, 7) is 0.533.